The number of hydrogen-bond acceptors (Lipinski definition) is 3. The number of aliphatic imine (C=N–C) groups is 1. The molecule has 2 nitrogen and oxygen atoms in total. The van der Waals surface area contributed by atoms with Crippen LogP contribution in [0.1, 0.15) is 12.5 Å². The van der Waals surface area contributed by atoms with Crippen molar-refractivity contribution in [2.24, 2.45) is 4.99 Å². The van der Waals surface area contributed by atoms with E-state index in [-0.39, 0.29) is 5.02 Å². The van der Waals surface area contributed by atoms with E-state index in [2.05, 4.69) is 10.3 Å². The van der Waals surface area contributed by atoms with Crippen LogP contribution in [0.5, 0.6) is 0 Å². The highest BCUT2D eigenvalue weighted by atomic mass is 35.5. The zero-order chi connectivity index (χ0) is 13.3. The number of alkyl halides is 3. The minimum Gasteiger partial charge on any atom is -0.334 e. The molecule has 7 heteroatoms. The van der Waals surface area contributed by atoms with E-state index in [1.54, 1.807) is 0 Å². The Morgan fingerprint density at radius 2 is 2.17 bits per heavy atom. The molecule has 0 saturated heterocycles. The van der Waals surface area contributed by atoms with Gasteiger partial charge >= 0.3 is 6.18 Å². The summed E-state index contributed by atoms with van der Waals surface area (Å²) in [5, 5.41) is 4.03. The first-order valence-corrected chi connectivity index (χ1v) is 6.47. The Kier molecular flexibility index (Phi) is 3.77. The average Bonchev–Trinajstić information content (AvgIpc) is 2.65. The summed E-state index contributed by atoms with van der Waals surface area (Å²) in [7, 11) is 0. The Bertz CT molecular complexity index is 488. The Hall–Kier alpha value is -0.880. The Balaban J connectivity index is 2.16. The van der Waals surface area contributed by atoms with Crippen molar-refractivity contribution in [3.63, 3.8) is 0 Å². The van der Waals surface area contributed by atoms with Crippen molar-refractivity contribution in [2.75, 3.05) is 11.9 Å². The smallest absolute Gasteiger partial charge is 0.334 e. The molecule has 98 valence electrons. The van der Waals surface area contributed by atoms with Crippen LogP contribution in [0.25, 0.3) is 0 Å². The van der Waals surface area contributed by atoms with E-state index in [9.17, 15) is 13.2 Å². The number of anilines is 1. The van der Waals surface area contributed by atoms with Gasteiger partial charge in [-0.3, -0.25) is 4.99 Å². The van der Waals surface area contributed by atoms with Gasteiger partial charge in [-0.1, -0.05) is 30.3 Å². The maximum absolute atomic E-state index is 12.4. The van der Waals surface area contributed by atoms with Crippen molar-refractivity contribution >= 4 is 34.2 Å². The van der Waals surface area contributed by atoms with E-state index in [1.165, 1.54) is 17.8 Å². The van der Waals surface area contributed by atoms with Crippen LogP contribution < -0.4 is 5.32 Å². The van der Waals surface area contributed by atoms with Gasteiger partial charge in [0.2, 0.25) is 0 Å². The quantitative estimate of drug-likeness (QED) is 0.837. The third-order valence-electron chi connectivity index (χ3n) is 2.34. The van der Waals surface area contributed by atoms with E-state index in [0.717, 1.165) is 12.1 Å². The molecule has 2 rings (SSSR count). The third kappa shape index (κ3) is 3.11. The first-order valence-electron chi connectivity index (χ1n) is 5.21. The minimum absolute atomic E-state index is 0.0349. The maximum atomic E-state index is 12.4. The molecule has 1 unspecified atom stereocenters. The second kappa shape index (κ2) is 5.01. The number of benzene rings is 1. The summed E-state index contributed by atoms with van der Waals surface area (Å²) in [6, 6.07) is 3.22. The molecule has 1 atom stereocenters. The van der Waals surface area contributed by atoms with Crippen molar-refractivity contribution in [1.82, 2.24) is 0 Å². The summed E-state index contributed by atoms with van der Waals surface area (Å²) in [5.74, 6) is 0. The van der Waals surface area contributed by atoms with Gasteiger partial charge in [-0.15, -0.1) is 0 Å². The number of amidine groups is 1. The van der Waals surface area contributed by atoms with Crippen LogP contribution in [0.2, 0.25) is 5.02 Å². The van der Waals surface area contributed by atoms with E-state index in [4.69, 9.17) is 11.6 Å². The molecule has 1 heterocycles. The number of nitrogens with one attached hydrogen (secondary N) is 1. The monoisotopic (exact) mass is 294 g/mol. The molecule has 1 N–H and O–H groups in total. The molecular weight excluding hydrogens is 285 g/mol. The van der Waals surface area contributed by atoms with E-state index in [0.29, 0.717) is 22.6 Å². The minimum atomic E-state index is -4.38. The van der Waals surface area contributed by atoms with Crippen molar-refractivity contribution in [3.05, 3.63) is 28.8 Å². The van der Waals surface area contributed by atoms with Gasteiger partial charge in [0.25, 0.3) is 0 Å². The van der Waals surface area contributed by atoms with Crippen LogP contribution in [0.3, 0.4) is 0 Å². The SMILES string of the molecule is CC1CN=C(Nc2ccc(C(F)(F)F)cc2Cl)S1. The topological polar surface area (TPSA) is 24.4 Å². The highest BCUT2D eigenvalue weighted by Crippen LogP contribution is 2.34. The zero-order valence-electron chi connectivity index (χ0n) is 9.38. The number of halogens is 4. The fraction of sp³-hybridized carbons (Fsp3) is 0.364. The molecule has 0 saturated carbocycles. The summed E-state index contributed by atoms with van der Waals surface area (Å²) in [4.78, 5) is 4.21. The highest BCUT2D eigenvalue weighted by Gasteiger charge is 2.31. The number of nitrogens with zero attached hydrogens (tertiary/aromatic N) is 1. The summed E-state index contributed by atoms with van der Waals surface area (Å²) in [6.45, 7) is 2.72. The lowest BCUT2D eigenvalue weighted by Gasteiger charge is -2.11. The van der Waals surface area contributed by atoms with E-state index in [1.807, 2.05) is 6.92 Å². The summed E-state index contributed by atoms with van der Waals surface area (Å²) in [5.41, 5.74) is -0.322. The Morgan fingerprint density at radius 1 is 1.44 bits per heavy atom. The van der Waals surface area contributed by atoms with E-state index >= 15 is 0 Å². The lowest BCUT2D eigenvalue weighted by atomic mass is 10.2. The van der Waals surface area contributed by atoms with Gasteiger partial charge in [0, 0.05) is 5.25 Å². The van der Waals surface area contributed by atoms with Crippen LogP contribution in [0, 0.1) is 0 Å². The maximum Gasteiger partial charge on any atom is 0.416 e. The predicted molar refractivity (Wildman–Crippen MR) is 69.4 cm³/mol. The predicted octanol–water partition coefficient (Wildman–Crippen LogP) is 4.26. The second-order valence-electron chi connectivity index (χ2n) is 3.89. The van der Waals surface area contributed by atoms with Gasteiger partial charge in [0.15, 0.2) is 5.17 Å². The zero-order valence-corrected chi connectivity index (χ0v) is 11.0. The molecule has 0 amide bonds. The van der Waals surface area contributed by atoms with Crippen LogP contribution >= 0.6 is 23.4 Å². The van der Waals surface area contributed by atoms with Gasteiger partial charge in [-0.05, 0) is 18.2 Å². The van der Waals surface area contributed by atoms with E-state index < -0.39 is 11.7 Å². The molecule has 0 radical (unpaired) electrons. The van der Waals surface area contributed by atoms with Crippen LogP contribution in [0.15, 0.2) is 23.2 Å². The molecule has 1 aromatic rings. The molecule has 0 aliphatic carbocycles. The van der Waals surface area contributed by atoms with Gasteiger partial charge in [0.05, 0.1) is 22.8 Å². The first kappa shape index (κ1) is 13.5. The second-order valence-corrected chi connectivity index (χ2v) is 5.73. The van der Waals surface area contributed by atoms with Crippen molar-refractivity contribution in [2.45, 2.75) is 18.3 Å². The normalized spacial score (nSPS) is 19.8. The standard InChI is InChI=1S/C11H10ClF3N2S/c1-6-5-16-10(18-6)17-9-3-2-7(4-8(9)12)11(13,14)15/h2-4,6H,5H2,1H3,(H,16,17). The lowest BCUT2D eigenvalue weighted by molar-refractivity contribution is -0.137. The summed E-state index contributed by atoms with van der Waals surface area (Å²) in [6.07, 6.45) is -4.38. The fourth-order valence-corrected chi connectivity index (χ4v) is 2.53. The number of hydrogen-bond donors (Lipinski definition) is 1. The molecule has 0 fully saturated rings. The van der Waals surface area contributed by atoms with Gasteiger partial charge in [-0.2, -0.15) is 13.2 Å². The van der Waals surface area contributed by atoms with Crippen LogP contribution in [0.4, 0.5) is 18.9 Å². The summed E-state index contributed by atoms with van der Waals surface area (Å²) < 4.78 is 37.3. The lowest BCUT2D eigenvalue weighted by Crippen LogP contribution is -2.08. The molecule has 0 spiro atoms. The van der Waals surface area contributed by atoms with Crippen LogP contribution in [-0.4, -0.2) is 17.0 Å². The molecular formula is C11H10ClF3N2S. The fourth-order valence-electron chi connectivity index (χ4n) is 1.45. The first-order chi connectivity index (χ1) is 8.36. The van der Waals surface area contributed by atoms with Gasteiger partial charge in [0.1, 0.15) is 0 Å². The molecule has 1 aliphatic rings. The summed E-state index contributed by atoms with van der Waals surface area (Å²) >= 11 is 7.36. The Labute approximate surface area is 112 Å². The largest absolute Gasteiger partial charge is 0.416 e. The molecule has 0 bridgehead atoms. The van der Waals surface area contributed by atoms with Crippen molar-refractivity contribution in [3.8, 4) is 0 Å². The molecule has 0 aromatic heterocycles. The number of rotatable bonds is 1. The van der Waals surface area contributed by atoms with Gasteiger partial charge < -0.3 is 5.32 Å². The third-order valence-corrected chi connectivity index (χ3v) is 3.66. The van der Waals surface area contributed by atoms with Crippen molar-refractivity contribution in [1.29, 1.82) is 0 Å². The molecule has 1 aliphatic heterocycles. The Morgan fingerprint density at radius 3 is 2.67 bits per heavy atom. The van der Waals surface area contributed by atoms with Crippen molar-refractivity contribution < 1.29 is 13.2 Å². The molecule has 1 aromatic carbocycles. The van der Waals surface area contributed by atoms with Crippen LogP contribution in [-0.2, 0) is 6.18 Å². The molecule has 18 heavy (non-hydrogen) atoms. The average molecular weight is 295 g/mol. The highest BCUT2D eigenvalue weighted by molar-refractivity contribution is 8.15. The number of thioether (sulfide) groups is 1. The van der Waals surface area contributed by atoms with Gasteiger partial charge in [-0.25, -0.2) is 0 Å².